The number of hydrogen-bond donors (Lipinski definition) is 0. The number of piperazine rings is 1. The first-order valence-electron chi connectivity index (χ1n) is 10.2. The van der Waals surface area contributed by atoms with Crippen LogP contribution in [0.15, 0.2) is 47.4 Å². The molecule has 0 bridgehead atoms. The van der Waals surface area contributed by atoms with E-state index in [2.05, 4.69) is 0 Å². The molecule has 1 amide bonds. The highest BCUT2D eigenvalue weighted by atomic mass is 35.5. The van der Waals surface area contributed by atoms with Crippen molar-refractivity contribution in [3.05, 3.63) is 58.6 Å². The molecule has 4 rings (SSSR count). The zero-order valence-corrected chi connectivity index (χ0v) is 18.9. The minimum atomic E-state index is -9.76. The molecule has 2 atom stereocenters. The molecule has 3 nitrogen and oxygen atoms in total. The summed E-state index contributed by atoms with van der Waals surface area (Å²) < 4.78 is 104. The number of anilines is 1. The third kappa shape index (κ3) is 5.22. The summed E-state index contributed by atoms with van der Waals surface area (Å²) in [6.45, 7) is 0.611. The van der Waals surface area contributed by atoms with Gasteiger partial charge in [0.25, 0.3) is 0 Å². The first-order chi connectivity index (χ1) is 15.4. The fourth-order valence-corrected chi connectivity index (χ4v) is 5.03. The first-order valence-corrected chi connectivity index (χ1v) is 12.5. The van der Waals surface area contributed by atoms with Crippen LogP contribution in [0.25, 0.3) is 0 Å². The van der Waals surface area contributed by atoms with Crippen molar-refractivity contribution in [1.29, 1.82) is 0 Å². The number of carbonyl (C=O) groups excluding carboxylic acids is 1. The molecule has 1 heterocycles. The van der Waals surface area contributed by atoms with Crippen molar-refractivity contribution in [1.82, 2.24) is 4.90 Å². The number of amides is 1. The van der Waals surface area contributed by atoms with Crippen molar-refractivity contribution in [2.45, 2.75) is 23.4 Å². The van der Waals surface area contributed by atoms with Crippen LogP contribution in [0.1, 0.15) is 23.5 Å². The predicted octanol–water partition coefficient (Wildman–Crippen LogP) is 7.47. The summed E-state index contributed by atoms with van der Waals surface area (Å²) >= 11 is 5.88. The molecule has 34 heavy (non-hydrogen) atoms. The molecule has 0 N–H and O–H groups in total. The van der Waals surface area contributed by atoms with Crippen LogP contribution in [0.2, 0.25) is 5.02 Å². The van der Waals surface area contributed by atoms with Gasteiger partial charge in [-0.1, -0.05) is 43.2 Å². The van der Waals surface area contributed by atoms with Crippen LogP contribution in [-0.4, -0.2) is 37.0 Å². The molecule has 0 unspecified atom stereocenters. The van der Waals surface area contributed by atoms with Crippen molar-refractivity contribution in [2.24, 2.45) is 5.92 Å². The number of nitrogens with zero attached hydrogens (tertiary/aromatic N) is 2. The van der Waals surface area contributed by atoms with E-state index in [1.165, 1.54) is 15.9 Å². The second-order valence-electron chi connectivity index (χ2n) is 8.46. The van der Waals surface area contributed by atoms with Gasteiger partial charge in [-0.15, -0.1) is 0 Å². The molecule has 0 aromatic heterocycles. The predicted molar refractivity (Wildman–Crippen MR) is 114 cm³/mol. The number of alkyl halides is 3. The van der Waals surface area contributed by atoms with Crippen LogP contribution in [0, 0.1) is 5.92 Å². The van der Waals surface area contributed by atoms with Crippen LogP contribution in [0.4, 0.5) is 38.3 Å². The molecular formula is C21H19ClF8N2OS. The summed E-state index contributed by atoms with van der Waals surface area (Å²) in [6.07, 6.45) is -4.21. The van der Waals surface area contributed by atoms with E-state index < -0.39 is 32.8 Å². The standard InChI is InChI=1S/C21H19ClF8N2OS/c22-14-3-6-18(21(23,24)25)19(11-14)31-7-9-32(10-8-31)20(33)17-12-16(17)13-1-4-15(5-2-13)34(26,27,28,29)30/h1-6,11,16-17H,7-10,12H2/t16-,17-/m0/s1. The van der Waals surface area contributed by atoms with E-state index in [0.29, 0.717) is 24.1 Å². The van der Waals surface area contributed by atoms with Crippen LogP contribution < -0.4 is 4.90 Å². The van der Waals surface area contributed by atoms with Gasteiger partial charge in [-0.3, -0.25) is 4.79 Å². The summed E-state index contributed by atoms with van der Waals surface area (Å²) in [5.74, 6) is -1.15. The Morgan fingerprint density at radius 1 is 0.912 bits per heavy atom. The van der Waals surface area contributed by atoms with E-state index in [1.807, 2.05) is 0 Å². The van der Waals surface area contributed by atoms with Crippen molar-refractivity contribution < 1.29 is 37.4 Å². The van der Waals surface area contributed by atoms with E-state index >= 15 is 0 Å². The zero-order valence-electron chi connectivity index (χ0n) is 17.3. The monoisotopic (exact) mass is 534 g/mol. The van der Waals surface area contributed by atoms with Crippen molar-refractivity contribution in [3.63, 3.8) is 0 Å². The topological polar surface area (TPSA) is 23.6 Å². The first kappa shape index (κ1) is 24.9. The highest BCUT2D eigenvalue weighted by Gasteiger charge is 2.65. The molecule has 1 saturated heterocycles. The lowest BCUT2D eigenvalue weighted by Gasteiger charge is -2.40. The molecule has 1 aliphatic carbocycles. The number of halogens is 9. The van der Waals surface area contributed by atoms with Crippen molar-refractivity contribution in [3.8, 4) is 0 Å². The summed E-state index contributed by atoms with van der Waals surface area (Å²) in [7, 11) is -9.76. The number of rotatable bonds is 4. The quantitative estimate of drug-likeness (QED) is 0.380. The molecule has 2 aromatic carbocycles. The third-order valence-corrected chi connectivity index (χ3v) is 7.46. The average Bonchev–Trinajstić information content (AvgIpc) is 3.52. The Morgan fingerprint density at radius 2 is 1.50 bits per heavy atom. The van der Waals surface area contributed by atoms with Crippen LogP contribution in [-0.2, 0) is 11.0 Å². The fraction of sp³-hybridized carbons (Fsp3) is 0.381. The van der Waals surface area contributed by atoms with Gasteiger partial charge in [0.15, 0.2) is 0 Å². The van der Waals surface area contributed by atoms with E-state index in [0.717, 1.165) is 24.3 Å². The van der Waals surface area contributed by atoms with Crippen molar-refractivity contribution in [2.75, 3.05) is 31.1 Å². The average molecular weight is 535 g/mol. The lowest BCUT2D eigenvalue weighted by molar-refractivity contribution is -0.137. The van der Waals surface area contributed by atoms with Gasteiger partial charge in [-0.25, -0.2) is 0 Å². The molecule has 0 spiro atoms. The summed E-state index contributed by atoms with van der Waals surface area (Å²) in [5, 5.41) is 0.151. The smallest absolute Gasteiger partial charge is 0.367 e. The van der Waals surface area contributed by atoms with E-state index in [1.54, 1.807) is 0 Å². The van der Waals surface area contributed by atoms with Gasteiger partial charge in [0.05, 0.1) is 11.3 Å². The SMILES string of the molecule is O=C([C@H]1C[C@H]1c1ccc(S(F)(F)(F)(F)F)cc1)N1CCN(c2cc(Cl)ccc2C(F)(F)F)CC1. The Bertz CT molecular complexity index is 1110. The van der Waals surface area contributed by atoms with Gasteiger partial charge in [0, 0.05) is 37.1 Å². The number of carbonyl (C=O) groups is 1. The molecule has 2 fully saturated rings. The summed E-state index contributed by atoms with van der Waals surface area (Å²) in [5.41, 5.74) is -0.536. The van der Waals surface area contributed by atoms with Gasteiger partial charge < -0.3 is 9.80 Å². The van der Waals surface area contributed by atoms with Crippen LogP contribution in [0.3, 0.4) is 0 Å². The minimum Gasteiger partial charge on any atom is -0.367 e. The van der Waals surface area contributed by atoms with Gasteiger partial charge in [-0.05, 0) is 48.2 Å². The maximum Gasteiger partial charge on any atom is 0.418 e. The van der Waals surface area contributed by atoms with Crippen LogP contribution >= 0.6 is 21.8 Å². The maximum absolute atomic E-state index is 13.4. The molecule has 188 valence electrons. The summed E-state index contributed by atoms with van der Waals surface area (Å²) in [4.78, 5) is 13.8. The molecular weight excluding hydrogens is 516 g/mol. The Morgan fingerprint density at radius 3 is 2.03 bits per heavy atom. The second-order valence-corrected chi connectivity index (χ2v) is 11.3. The molecule has 13 heteroatoms. The highest BCUT2D eigenvalue weighted by molar-refractivity contribution is 8.45. The lowest BCUT2D eigenvalue weighted by Crippen LogP contribution is -2.49. The molecule has 1 aliphatic heterocycles. The van der Waals surface area contributed by atoms with Gasteiger partial charge in [0.2, 0.25) is 5.91 Å². The number of benzene rings is 2. The lowest BCUT2D eigenvalue weighted by atomic mass is 10.1. The molecule has 2 aliphatic rings. The van der Waals surface area contributed by atoms with Gasteiger partial charge in [0.1, 0.15) is 4.90 Å². The number of hydrogen-bond acceptors (Lipinski definition) is 2. The Labute approximate surface area is 195 Å². The molecule has 1 saturated carbocycles. The van der Waals surface area contributed by atoms with E-state index in [-0.39, 0.29) is 48.7 Å². The normalized spacial score (nSPS) is 23.3. The molecule has 2 aromatic rings. The van der Waals surface area contributed by atoms with E-state index in [9.17, 15) is 37.4 Å². The zero-order chi connectivity index (χ0) is 25.2. The maximum atomic E-state index is 13.4. The minimum absolute atomic E-state index is 0.0690. The van der Waals surface area contributed by atoms with E-state index in [4.69, 9.17) is 11.6 Å². The van der Waals surface area contributed by atoms with Crippen molar-refractivity contribution >= 4 is 33.4 Å². The van der Waals surface area contributed by atoms with Crippen LogP contribution in [0.5, 0.6) is 0 Å². The van der Waals surface area contributed by atoms with Gasteiger partial charge in [-0.2, -0.15) is 13.2 Å². The Balaban J connectivity index is 1.39. The Hall–Kier alpha value is -2.21. The third-order valence-electron chi connectivity index (χ3n) is 6.06. The highest BCUT2D eigenvalue weighted by Crippen LogP contribution is 3.02. The van der Waals surface area contributed by atoms with Gasteiger partial charge >= 0.3 is 16.4 Å². The second kappa shape index (κ2) is 7.39. The molecule has 0 radical (unpaired) electrons. The largest absolute Gasteiger partial charge is 0.418 e. The summed E-state index contributed by atoms with van der Waals surface area (Å²) in [6, 6.07) is 5.88. The Kier molecular flexibility index (Phi) is 5.42. The fourth-order valence-electron chi connectivity index (χ4n) is 4.22.